The lowest BCUT2D eigenvalue weighted by molar-refractivity contribution is -0.130. The molecular formula is C24H29N3O4S. The van der Waals surface area contributed by atoms with E-state index in [2.05, 4.69) is 10.0 Å². The molecule has 2 aromatic rings. The molecule has 2 aliphatic rings. The first-order valence-electron chi connectivity index (χ1n) is 11.1. The number of hydrogen-bond acceptors (Lipinski definition) is 4. The molecule has 0 aromatic heterocycles. The Morgan fingerprint density at radius 2 is 1.50 bits per heavy atom. The number of nitrogens with one attached hydrogen (secondary N) is 2. The van der Waals surface area contributed by atoms with Crippen molar-refractivity contribution >= 4 is 22.0 Å². The molecule has 1 saturated heterocycles. The Kier molecular flexibility index (Phi) is 6.62. The van der Waals surface area contributed by atoms with Gasteiger partial charge in [-0.25, -0.2) is 17.9 Å². The summed E-state index contributed by atoms with van der Waals surface area (Å²) < 4.78 is 27.8. The molecule has 8 heteroatoms. The number of benzene rings is 2. The lowest BCUT2D eigenvalue weighted by atomic mass is 9.89. The fourth-order valence-corrected chi connectivity index (χ4v) is 5.73. The summed E-state index contributed by atoms with van der Waals surface area (Å²) in [6.45, 7) is 0.128. The highest BCUT2D eigenvalue weighted by atomic mass is 32.2. The van der Waals surface area contributed by atoms with Gasteiger partial charge in [-0.2, -0.15) is 0 Å². The fourth-order valence-electron chi connectivity index (χ4n) is 4.74. The van der Waals surface area contributed by atoms with Crippen molar-refractivity contribution in [2.45, 2.75) is 43.6 Å². The maximum Gasteiger partial charge on any atom is 0.325 e. The summed E-state index contributed by atoms with van der Waals surface area (Å²) in [5.74, 6) is -0.527. The zero-order valence-electron chi connectivity index (χ0n) is 18.0. The van der Waals surface area contributed by atoms with Gasteiger partial charge in [0, 0.05) is 19.0 Å². The van der Waals surface area contributed by atoms with Crippen molar-refractivity contribution in [2.24, 2.45) is 0 Å². The summed E-state index contributed by atoms with van der Waals surface area (Å²) in [5.41, 5.74) is 1.44. The van der Waals surface area contributed by atoms with Gasteiger partial charge in [-0.1, -0.05) is 73.5 Å². The molecule has 0 radical (unpaired) electrons. The molecule has 2 aromatic carbocycles. The van der Waals surface area contributed by atoms with Gasteiger partial charge in [0.15, 0.2) is 0 Å². The first kappa shape index (κ1) is 22.5. The van der Waals surface area contributed by atoms with E-state index in [-0.39, 0.29) is 30.7 Å². The Balaban J connectivity index is 1.34. The molecule has 32 heavy (non-hydrogen) atoms. The van der Waals surface area contributed by atoms with Crippen molar-refractivity contribution in [3.63, 3.8) is 0 Å². The molecule has 2 fully saturated rings. The van der Waals surface area contributed by atoms with E-state index in [1.54, 1.807) is 0 Å². The zero-order chi connectivity index (χ0) is 22.6. The predicted octanol–water partition coefficient (Wildman–Crippen LogP) is 2.99. The van der Waals surface area contributed by atoms with Crippen LogP contribution in [-0.4, -0.2) is 49.6 Å². The molecular weight excluding hydrogens is 426 g/mol. The summed E-state index contributed by atoms with van der Waals surface area (Å²) in [6, 6.07) is 19.5. The van der Waals surface area contributed by atoms with Gasteiger partial charge in [0.2, 0.25) is 10.0 Å². The number of carbonyl (C=O) groups excluding carboxylic acids is 2. The molecule has 0 unspecified atom stereocenters. The molecule has 0 atom stereocenters. The van der Waals surface area contributed by atoms with Crippen molar-refractivity contribution in [3.05, 3.63) is 71.8 Å². The number of imide groups is 1. The van der Waals surface area contributed by atoms with Crippen LogP contribution in [0, 0.1) is 0 Å². The number of urea groups is 1. The largest absolute Gasteiger partial charge is 0.325 e. The van der Waals surface area contributed by atoms with Crippen molar-refractivity contribution in [1.82, 2.24) is 14.9 Å². The smallest absolute Gasteiger partial charge is 0.323 e. The first-order valence-corrected chi connectivity index (χ1v) is 12.8. The van der Waals surface area contributed by atoms with Crippen LogP contribution >= 0.6 is 0 Å². The van der Waals surface area contributed by atoms with E-state index >= 15 is 0 Å². The van der Waals surface area contributed by atoms with Crippen LogP contribution in [0.4, 0.5) is 4.79 Å². The Morgan fingerprint density at radius 3 is 2.06 bits per heavy atom. The molecule has 0 bridgehead atoms. The summed E-state index contributed by atoms with van der Waals surface area (Å²) in [5, 5.41) is 2.78. The molecule has 4 rings (SSSR count). The average molecular weight is 456 g/mol. The minimum Gasteiger partial charge on any atom is -0.323 e. The number of nitrogens with zero attached hydrogens (tertiary/aromatic N) is 1. The third-order valence-corrected chi connectivity index (χ3v) is 7.81. The molecule has 2 N–H and O–H groups in total. The van der Waals surface area contributed by atoms with Crippen LogP contribution in [0.2, 0.25) is 0 Å². The summed E-state index contributed by atoms with van der Waals surface area (Å²) >= 11 is 0. The molecule has 1 spiro atoms. The van der Waals surface area contributed by atoms with Gasteiger partial charge in [0.25, 0.3) is 5.91 Å². The molecule has 7 nitrogen and oxygen atoms in total. The van der Waals surface area contributed by atoms with Gasteiger partial charge in [0.05, 0.1) is 5.75 Å². The SMILES string of the molecule is O=C1NC2(CCCC2)C(=O)N1CCS(=O)(=O)NCCC(c1ccccc1)c1ccccc1. The van der Waals surface area contributed by atoms with Gasteiger partial charge in [-0.3, -0.25) is 9.69 Å². The number of hydrogen-bond donors (Lipinski definition) is 2. The maximum atomic E-state index is 12.7. The quantitative estimate of drug-likeness (QED) is 0.568. The Bertz CT molecular complexity index is 1010. The minimum absolute atomic E-state index is 0.0632. The highest BCUT2D eigenvalue weighted by Gasteiger charge is 2.52. The van der Waals surface area contributed by atoms with E-state index in [9.17, 15) is 18.0 Å². The highest BCUT2D eigenvalue weighted by molar-refractivity contribution is 7.89. The summed E-state index contributed by atoms with van der Waals surface area (Å²) in [4.78, 5) is 26.0. The van der Waals surface area contributed by atoms with Crippen LogP contribution in [0.1, 0.15) is 49.1 Å². The monoisotopic (exact) mass is 455 g/mol. The van der Waals surface area contributed by atoms with E-state index in [4.69, 9.17) is 0 Å². The molecule has 170 valence electrons. The van der Waals surface area contributed by atoms with Crippen LogP contribution in [0.15, 0.2) is 60.7 Å². The third-order valence-electron chi connectivity index (χ3n) is 6.45. The van der Waals surface area contributed by atoms with Crippen LogP contribution in [0.25, 0.3) is 0 Å². The van der Waals surface area contributed by atoms with E-state index in [0.29, 0.717) is 19.3 Å². The lowest BCUT2D eigenvalue weighted by Gasteiger charge is -2.20. The Morgan fingerprint density at radius 1 is 0.938 bits per heavy atom. The van der Waals surface area contributed by atoms with E-state index < -0.39 is 21.6 Å². The molecule has 1 heterocycles. The second kappa shape index (κ2) is 9.42. The average Bonchev–Trinajstić information content (AvgIpc) is 3.36. The lowest BCUT2D eigenvalue weighted by Crippen LogP contribution is -2.44. The number of amides is 3. The molecule has 3 amide bonds. The standard InChI is InChI=1S/C24H29N3O4S/c28-22-24(14-7-8-15-24)26-23(29)27(22)17-18-32(30,31)25-16-13-21(19-9-3-1-4-10-19)20-11-5-2-6-12-20/h1-6,9-12,21,25H,7-8,13-18H2,(H,26,29). The zero-order valence-corrected chi connectivity index (χ0v) is 18.8. The fraction of sp³-hybridized carbons (Fsp3) is 0.417. The third kappa shape index (κ3) is 4.86. The molecule has 1 aliphatic carbocycles. The molecule has 1 saturated carbocycles. The second-order valence-corrected chi connectivity index (χ2v) is 10.5. The van der Waals surface area contributed by atoms with Gasteiger partial charge in [0.1, 0.15) is 5.54 Å². The first-order chi connectivity index (χ1) is 15.4. The van der Waals surface area contributed by atoms with Gasteiger partial charge in [-0.15, -0.1) is 0 Å². The van der Waals surface area contributed by atoms with Crippen LogP contribution in [-0.2, 0) is 14.8 Å². The van der Waals surface area contributed by atoms with E-state index in [0.717, 1.165) is 28.9 Å². The van der Waals surface area contributed by atoms with Crippen molar-refractivity contribution in [1.29, 1.82) is 0 Å². The van der Waals surface area contributed by atoms with Crippen LogP contribution in [0.3, 0.4) is 0 Å². The van der Waals surface area contributed by atoms with Crippen molar-refractivity contribution in [2.75, 3.05) is 18.8 Å². The summed E-state index contributed by atoms with van der Waals surface area (Å²) in [7, 11) is -3.63. The maximum absolute atomic E-state index is 12.7. The van der Waals surface area contributed by atoms with Gasteiger partial charge >= 0.3 is 6.03 Å². The highest BCUT2D eigenvalue weighted by Crippen LogP contribution is 2.35. The van der Waals surface area contributed by atoms with Crippen molar-refractivity contribution < 1.29 is 18.0 Å². The number of sulfonamides is 1. The second-order valence-electron chi connectivity index (χ2n) is 8.55. The number of rotatable bonds is 9. The van der Waals surface area contributed by atoms with E-state index in [1.165, 1.54) is 0 Å². The normalized spacial score (nSPS) is 18.0. The van der Waals surface area contributed by atoms with Crippen LogP contribution < -0.4 is 10.0 Å². The summed E-state index contributed by atoms with van der Waals surface area (Å²) in [6.07, 6.45) is 3.63. The minimum atomic E-state index is -3.63. The van der Waals surface area contributed by atoms with Crippen molar-refractivity contribution in [3.8, 4) is 0 Å². The van der Waals surface area contributed by atoms with Gasteiger partial charge in [-0.05, 0) is 30.4 Å². The van der Waals surface area contributed by atoms with Crippen LogP contribution in [0.5, 0.6) is 0 Å². The van der Waals surface area contributed by atoms with Gasteiger partial charge < -0.3 is 5.32 Å². The Hall–Kier alpha value is -2.71. The number of carbonyl (C=O) groups is 2. The van der Waals surface area contributed by atoms with E-state index in [1.807, 2.05) is 60.7 Å². The molecule has 1 aliphatic heterocycles. The topological polar surface area (TPSA) is 95.6 Å². The Labute approximate surface area is 189 Å². The predicted molar refractivity (Wildman–Crippen MR) is 123 cm³/mol.